The highest BCUT2D eigenvalue weighted by Crippen LogP contribution is 2.17. The first-order valence-corrected chi connectivity index (χ1v) is 4.00. The highest BCUT2D eigenvalue weighted by atomic mass is 19.1. The van der Waals surface area contributed by atoms with E-state index in [-0.39, 0.29) is 5.69 Å². The molecule has 2 aromatic rings. The van der Waals surface area contributed by atoms with Gasteiger partial charge in [0.15, 0.2) is 0 Å². The first-order chi connectivity index (χ1) is 6.72. The van der Waals surface area contributed by atoms with E-state index in [1.165, 1.54) is 6.07 Å². The van der Waals surface area contributed by atoms with Gasteiger partial charge in [-0.1, -0.05) is 12.1 Å². The molecule has 4 nitrogen and oxygen atoms in total. The average molecular weight is 193 g/mol. The van der Waals surface area contributed by atoms with Crippen molar-refractivity contribution in [2.24, 2.45) is 5.84 Å². The Bertz CT molecular complexity index is 492. The molecule has 0 fully saturated rings. The molecule has 0 aliphatic heterocycles. The van der Waals surface area contributed by atoms with Crippen LogP contribution in [-0.2, 0) is 0 Å². The Morgan fingerprint density at radius 2 is 2.29 bits per heavy atom. The standard InChI is InChI=1S/C9H8FN3O/c10-6-3-1-2-5-4-7(9(14)13-11)12-8(5)6/h1-4,12H,11H2,(H,13,14). The van der Waals surface area contributed by atoms with Crippen molar-refractivity contribution in [3.8, 4) is 0 Å². The van der Waals surface area contributed by atoms with E-state index in [9.17, 15) is 9.18 Å². The lowest BCUT2D eigenvalue weighted by molar-refractivity contribution is 0.0949. The Morgan fingerprint density at radius 3 is 2.93 bits per heavy atom. The van der Waals surface area contributed by atoms with Crippen LogP contribution in [0.4, 0.5) is 4.39 Å². The van der Waals surface area contributed by atoms with Crippen LogP contribution in [0.5, 0.6) is 0 Å². The Labute approximate surface area is 78.9 Å². The number of aromatic nitrogens is 1. The third-order valence-electron chi connectivity index (χ3n) is 1.98. The molecule has 1 aromatic heterocycles. The number of hydrogen-bond donors (Lipinski definition) is 3. The molecule has 0 aliphatic carbocycles. The van der Waals surface area contributed by atoms with Crippen LogP contribution in [0.1, 0.15) is 10.5 Å². The zero-order chi connectivity index (χ0) is 10.1. The molecule has 5 heteroatoms. The summed E-state index contributed by atoms with van der Waals surface area (Å²) >= 11 is 0. The fraction of sp³-hybridized carbons (Fsp3) is 0. The van der Waals surface area contributed by atoms with Crippen LogP contribution in [0.3, 0.4) is 0 Å². The van der Waals surface area contributed by atoms with Gasteiger partial charge in [-0.3, -0.25) is 10.2 Å². The lowest BCUT2D eigenvalue weighted by Gasteiger charge is -1.92. The van der Waals surface area contributed by atoms with Gasteiger partial charge in [0.2, 0.25) is 0 Å². The highest BCUT2D eigenvalue weighted by molar-refractivity contribution is 5.97. The molecule has 72 valence electrons. The SMILES string of the molecule is NNC(=O)c1cc2cccc(F)c2[nH]1. The van der Waals surface area contributed by atoms with Gasteiger partial charge in [0, 0.05) is 5.39 Å². The van der Waals surface area contributed by atoms with E-state index in [0.717, 1.165) is 0 Å². The Morgan fingerprint density at radius 1 is 1.50 bits per heavy atom. The number of carbonyl (C=O) groups excluding carboxylic acids is 1. The summed E-state index contributed by atoms with van der Waals surface area (Å²) in [5.74, 6) is 4.09. The second-order valence-corrected chi connectivity index (χ2v) is 2.86. The van der Waals surface area contributed by atoms with Gasteiger partial charge in [-0.2, -0.15) is 0 Å². The van der Waals surface area contributed by atoms with Gasteiger partial charge in [0.1, 0.15) is 11.5 Å². The minimum Gasteiger partial charge on any atom is -0.348 e. The number of fused-ring (bicyclic) bond motifs is 1. The summed E-state index contributed by atoms with van der Waals surface area (Å²) in [6.45, 7) is 0. The van der Waals surface area contributed by atoms with Gasteiger partial charge in [-0.05, 0) is 12.1 Å². The zero-order valence-electron chi connectivity index (χ0n) is 7.17. The van der Waals surface area contributed by atoms with Crippen LogP contribution in [0.15, 0.2) is 24.3 Å². The number of benzene rings is 1. The summed E-state index contributed by atoms with van der Waals surface area (Å²) in [5, 5.41) is 0.642. The monoisotopic (exact) mass is 193 g/mol. The molecular weight excluding hydrogens is 185 g/mol. The third-order valence-corrected chi connectivity index (χ3v) is 1.98. The highest BCUT2D eigenvalue weighted by Gasteiger charge is 2.09. The number of para-hydroxylation sites is 1. The Balaban J connectivity index is 2.62. The Hall–Kier alpha value is -1.88. The van der Waals surface area contributed by atoms with Crippen molar-refractivity contribution in [2.45, 2.75) is 0 Å². The van der Waals surface area contributed by atoms with Gasteiger partial charge in [0.25, 0.3) is 5.91 Å². The normalized spacial score (nSPS) is 10.4. The molecule has 0 atom stereocenters. The number of nitrogens with one attached hydrogen (secondary N) is 2. The van der Waals surface area contributed by atoms with Gasteiger partial charge in [0.05, 0.1) is 5.52 Å². The largest absolute Gasteiger partial charge is 0.348 e. The number of nitrogens with two attached hydrogens (primary N) is 1. The van der Waals surface area contributed by atoms with Crippen LogP contribution < -0.4 is 11.3 Å². The van der Waals surface area contributed by atoms with Gasteiger partial charge in [-0.25, -0.2) is 10.2 Å². The van der Waals surface area contributed by atoms with Crippen molar-refractivity contribution < 1.29 is 9.18 Å². The van der Waals surface area contributed by atoms with Crippen molar-refractivity contribution in [1.82, 2.24) is 10.4 Å². The maximum absolute atomic E-state index is 13.2. The molecule has 1 aromatic carbocycles. The first kappa shape index (κ1) is 8.71. The topological polar surface area (TPSA) is 70.9 Å². The van der Waals surface area contributed by atoms with Crippen molar-refractivity contribution in [2.75, 3.05) is 0 Å². The van der Waals surface area contributed by atoms with E-state index >= 15 is 0 Å². The van der Waals surface area contributed by atoms with Crippen molar-refractivity contribution in [3.63, 3.8) is 0 Å². The molecule has 0 radical (unpaired) electrons. The van der Waals surface area contributed by atoms with Crippen LogP contribution in [0, 0.1) is 5.82 Å². The number of carbonyl (C=O) groups is 1. The molecule has 0 bridgehead atoms. The number of hydrogen-bond acceptors (Lipinski definition) is 2. The quantitative estimate of drug-likeness (QED) is 0.358. The maximum atomic E-state index is 13.2. The maximum Gasteiger partial charge on any atom is 0.281 e. The van der Waals surface area contributed by atoms with Crippen LogP contribution in [0.25, 0.3) is 10.9 Å². The van der Waals surface area contributed by atoms with Crippen molar-refractivity contribution in [3.05, 3.63) is 35.8 Å². The van der Waals surface area contributed by atoms with Crippen LogP contribution in [-0.4, -0.2) is 10.9 Å². The minimum atomic E-state index is -0.472. The van der Waals surface area contributed by atoms with Crippen molar-refractivity contribution in [1.29, 1.82) is 0 Å². The summed E-state index contributed by atoms with van der Waals surface area (Å²) < 4.78 is 13.2. The molecule has 0 saturated carbocycles. The lowest BCUT2D eigenvalue weighted by Crippen LogP contribution is -2.30. The van der Waals surface area contributed by atoms with Crippen molar-refractivity contribution >= 4 is 16.8 Å². The number of amides is 1. The van der Waals surface area contributed by atoms with E-state index < -0.39 is 11.7 Å². The molecule has 1 heterocycles. The second kappa shape index (κ2) is 3.12. The number of aromatic amines is 1. The van der Waals surface area contributed by atoms with E-state index in [0.29, 0.717) is 10.9 Å². The second-order valence-electron chi connectivity index (χ2n) is 2.86. The number of H-pyrrole nitrogens is 1. The summed E-state index contributed by atoms with van der Waals surface area (Å²) in [6, 6.07) is 6.15. The molecular formula is C9H8FN3O. The molecule has 0 saturated heterocycles. The van der Waals surface area contributed by atoms with E-state index in [4.69, 9.17) is 5.84 Å². The predicted octanol–water partition coefficient (Wildman–Crippen LogP) is 0.910. The number of rotatable bonds is 1. The van der Waals surface area contributed by atoms with E-state index in [1.807, 2.05) is 5.43 Å². The molecule has 2 rings (SSSR count). The number of halogens is 1. The van der Waals surface area contributed by atoms with Crippen LogP contribution in [0.2, 0.25) is 0 Å². The molecule has 4 N–H and O–H groups in total. The van der Waals surface area contributed by atoms with E-state index in [2.05, 4.69) is 4.98 Å². The smallest absolute Gasteiger partial charge is 0.281 e. The molecule has 0 aliphatic rings. The summed E-state index contributed by atoms with van der Waals surface area (Å²) in [5.41, 5.74) is 2.52. The van der Waals surface area contributed by atoms with Gasteiger partial charge >= 0.3 is 0 Å². The number of hydrazine groups is 1. The third kappa shape index (κ3) is 1.23. The van der Waals surface area contributed by atoms with Gasteiger partial charge in [-0.15, -0.1) is 0 Å². The summed E-state index contributed by atoms with van der Waals surface area (Å²) in [7, 11) is 0. The zero-order valence-corrected chi connectivity index (χ0v) is 7.17. The molecule has 14 heavy (non-hydrogen) atoms. The Kier molecular flexibility index (Phi) is 1.94. The predicted molar refractivity (Wildman–Crippen MR) is 49.9 cm³/mol. The average Bonchev–Trinajstić information content (AvgIpc) is 2.62. The summed E-state index contributed by atoms with van der Waals surface area (Å²) in [6.07, 6.45) is 0. The number of nitrogen functional groups attached to an aromatic ring is 1. The van der Waals surface area contributed by atoms with Crippen LogP contribution >= 0.6 is 0 Å². The first-order valence-electron chi connectivity index (χ1n) is 4.00. The molecule has 0 spiro atoms. The fourth-order valence-electron chi connectivity index (χ4n) is 1.32. The lowest BCUT2D eigenvalue weighted by atomic mass is 10.2. The summed E-state index contributed by atoms with van der Waals surface area (Å²) in [4.78, 5) is 13.8. The molecule has 1 amide bonds. The minimum absolute atomic E-state index is 0.243. The fourth-order valence-corrected chi connectivity index (χ4v) is 1.32. The molecule has 0 unspecified atom stereocenters. The van der Waals surface area contributed by atoms with E-state index in [1.54, 1.807) is 18.2 Å². The van der Waals surface area contributed by atoms with Gasteiger partial charge < -0.3 is 4.98 Å².